The molecule has 17 aromatic rings. The van der Waals surface area contributed by atoms with Crippen LogP contribution in [-0.2, 0) is 0 Å². The van der Waals surface area contributed by atoms with Crippen LogP contribution in [0.15, 0.2) is 315 Å². The molecule has 0 aliphatic carbocycles. The monoisotopic (exact) mass is 1200 g/mol. The highest BCUT2D eigenvalue weighted by atomic mass is 15.1. The summed E-state index contributed by atoms with van der Waals surface area (Å²) in [7, 11) is 0. The molecule has 0 aliphatic heterocycles. The second-order valence-corrected chi connectivity index (χ2v) is 24.1. The van der Waals surface area contributed by atoms with E-state index in [2.05, 4.69) is 266 Å². The van der Waals surface area contributed by atoms with Crippen LogP contribution in [0.5, 0.6) is 0 Å². The Hall–Kier alpha value is -12.5. The zero-order chi connectivity index (χ0) is 62.6. The lowest BCUT2D eigenvalue weighted by molar-refractivity contribution is 1.07. The second-order valence-electron chi connectivity index (χ2n) is 24.1. The maximum absolute atomic E-state index is 5.34. The van der Waals surface area contributed by atoms with Crippen LogP contribution in [0.2, 0.25) is 0 Å². The number of hydrogen-bond donors (Lipinski definition) is 0. The Morgan fingerprint density at radius 2 is 0.447 bits per heavy atom. The fourth-order valence-corrected chi connectivity index (χ4v) is 13.3. The minimum atomic E-state index is 0.561. The van der Waals surface area contributed by atoms with E-state index in [0.29, 0.717) is 34.9 Å². The van der Waals surface area contributed by atoms with E-state index in [-0.39, 0.29) is 0 Å². The van der Waals surface area contributed by atoms with Crippen LogP contribution in [0.1, 0.15) is 11.1 Å². The summed E-state index contributed by atoms with van der Waals surface area (Å²) in [4.78, 5) is 31.6. The quantitative estimate of drug-likeness (QED) is 0.121. The van der Waals surface area contributed by atoms with Crippen molar-refractivity contribution < 1.29 is 0 Å². The lowest BCUT2D eigenvalue weighted by Gasteiger charge is -2.16. The first kappa shape index (κ1) is 55.5. The number of para-hydroxylation sites is 2. The van der Waals surface area contributed by atoms with Crippen LogP contribution < -0.4 is 0 Å². The predicted molar refractivity (Wildman–Crippen MR) is 386 cm³/mol. The third-order valence-electron chi connectivity index (χ3n) is 17.8. The summed E-state index contributed by atoms with van der Waals surface area (Å²) in [6, 6.07) is 112. The van der Waals surface area contributed by atoms with Crippen LogP contribution in [0.3, 0.4) is 0 Å². The van der Waals surface area contributed by atoms with Crippen LogP contribution in [0.25, 0.3) is 168 Å². The first-order valence-electron chi connectivity index (χ1n) is 31.7. The van der Waals surface area contributed by atoms with E-state index < -0.39 is 0 Å². The lowest BCUT2D eigenvalue weighted by Crippen LogP contribution is -2.02. The number of benzene rings is 13. The lowest BCUT2D eigenvalue weighted by atomic mass is 9.95. The third kappa shape index (κ3) is 10.3. The minimum Gasteiger partial charge on any atom is -0.309 e. The van der Waals surface area contributed by atoms with Gasteiger partial charge >= 0.3 is 0 Å². The molecule has 94 heavy (non-hydrogen) atoms. The van der Waals surface area contributed by atoms with Crippen LogP contribution in [0.4, 0.5) is 0 Å². The molecule has 8 nitrogen and oxygen atoms in total. The topological polar surface area (TPSA) is 87.2 Å². The van der Waals surface area contributed by atoms with Gasteiger partial charge in [0.1, 0.15) is 0 Å². The van der Waals surface area contributed by atoms with Crippen molar-refractivity contribution in [2.45, 2.75) is 13.8 Å². The van der Waals surface area contributed by atoms with Gasteiger partial charge in [-0.2, -0.15) is 0 Å². The molecule has 0 saturated carbocycles. The number of nitrogens with zero attached hydrogens (tertiary/aromatic N) is 8. The molecule has 0 saturated heterocycles. The summed E-state index contributed by atoms with van der Waals surface area (Å²) < 4.78 is 4.79. The van der Waals surface area contributed by atoms with Gasteiger partial charge < -0.3 is 9.13 Å². The largest absolute Gasteiger partial charge is 0.309 e. The summed E-state index contributed by atoms with van der Waals surface area (Å²) in [6.45, 7) is 4.30. The summed E-state index contributed by atoms with van der Waals surface area (Å²) in [5.41, 5.74) is 22.7. The van der Waals surface area contributed by atoms with Crippen LogP contribution >= 0.6 is 0 Å². The van der Waals surface area contributed by atoms with E-state index in [4.69, 9.17) is 29.9 Å². The fourth-order valence-electron chi connectivity index (χ4n) is 13.3. The standard InChI is InChI=1S/C86H58N8/c1-55-22-19-32-61(44-55)65-40-42-79-75(53-65)73-36-15-17-38-77(73)93(79)71-49-67(47-69(51-71)85-89-81(57-24-7-3-8-25-57)87-82(90-85)58-26-9-4-10-27-58)63-34-21-35-64(46-63)68-48-70(86-91-83(59-28-11-5-12-29-59)88-84(92-86)60-30-13-6-14-31-60)52-72(50-68)94-78-39-18-16-37-74(78)76-54-66(41-43-80(76)94)62-33-20-23-56(2)45-62/h3-54H,1-2H3. The van der Waals surface area contributed by atoms with E-state index >= 15 is 0 Å². The molecule has 0 fully saturated rings. The normalized spacial score (nSPS) is 11.5. The summed E-state index contributed by atoms with van der Waals surface area (Å²) >= 11 is 0. The van der Waals surface area contributed by atoms with Gasteiger partial charge in [-0.15, -0.1) is 0 Å². The fraction of sp³-hybridized carbons (Fsp3) is 0.0233. The highest BCUT2D eigenvalue weighted by Crippen LogP contribution is 2.42. The second kappa shape index (κ2) is 23.4. The Morgan fingerprint density at radius 3 is 0.809 bits per heavy atom. The number of fused-ring (bicyclic) bond motifs is 6. The molecule has 13 aromatic carbocycles. The van der Waals surface area contributed by atoms with E-state index in [1.807, 2.05) is 72.8 Å². The molecule has 442 valence electrons. The zero-order valence-corrected chi connectivity index (χ0v) is 51.6. The van der Waals surface area contributed by atoms with E-state index in [0.717, 1.165) is 111 Å². The van der Waals surface area contributed by atoms with Crippen molar-refractivity contribution in [3.05, 3.63) is 327 Å². The van der Waals surface area contributed by atoms with Gasteiger partial charge in [-0.3, -0.25) is 0 Å². The summed E-state index contributed by atoms with van der Waals surface area (Å²) in [6.07, 6.45) is 0. The molecule has 0 aliphatic rings. The van der Waals surface area contributed by atoms with Crippen molar-refractivity contribution in [2.24, 2.45) is 0 Å². The Morgan fingerprint density at radius 1 is 0.181 bits per heavy atom. The molecule has 0 unspecified atom stereocenters. The predicted octanol–water partition coefficient (Wildman–Crippen LogP) is 21.5. The van der Waals surface area contributed by atoms with E-state index in [9.17, 15) is 0 Å². The number of rotatable bonds is 12. The van der Waals surface area contributed by atoms with Crippen LogP contribution in [-0.4, -0.2) is 39.0 Å². The maximum Gasteiger partial charge on any atom is 0.164 e. The van der Waals surface area contributed by atoms with Gasteiger partial charge in [0.15, 0.2) is 34.9 Å². The average Bonchev–Trinajstić information content (AvgIpc) is 1.59. The van der Waals surface area contributed by atoms with Crippen LogP contribution in [0, 0.1) is 13.8 Å². The van der Waals surface area contributed by atoms with Gasteiger partial charge in [0, 0.05) is 66.3 Å². The van der Waals surface area contributed by atoms with Gasteiger partial charge in [0.2, 0.25) is 0 Å². The molecule has 0 N–H and O–H groups in total. The first-order chi connectivity index (χ1) is 46.3. The molecule has 4 aromatic heterocycles. The van der Waals surface area contributed by atoms with Crippen molar-refractivity contribution >= 4 is 43.6 Å². The Balaban J connectivity index is 0.892. The van der Waals surface area contributed by atoms with Crippen molar-refractivity contribution in [1.29, 1.82) is 0 Å². The van der Waals surface area contributed by atoms with Gasteiger partial charge in [-0.05, 0) is 137 Å². The average molecular weight is 1200 g/mol. The van der Waals surface area contributed by atoms with Gasteiger partial charge in [-0.1, -0.05) is 248 Å². The van der Waals surface area contributed by atoms with Crippen molar-refractivity contribution in [3.63, 3.8) is 0 Å². The van der Waals surface area contributed by atoms with Gasteiger partial charge in [0.25, 0.3) is 0 Å². The molecule has 0 bridgehead atoms. The molecule has 8 heteroatoms. The number of aryl methyl sites for hydroxylation is 2. The zero-order valence-electron chi connectivity index (χ0n) is 51.6. The molecule has 0 spiro atoms. The Labute approximate surface area is 544 Å². The molecule has 0 atom stereocenters. The van der Waals surface area contributed by atoms with Crippen molar-refractivity contribution in [1.82, 2.24) is 39.0 Å². The third-order valence-corrected chi connectivity index (χ3v) is 17.8. The van der Waals surface area contributed by atoms with Crippen molar-refractivity contribution in [2.75, 3.05) is 0 Å². The highest BCUT2D eigenvalue weighted by molar-refractivity contribution is 6.12. The number of hydrogen-bond acceptors (Lipinski definition) is 6. The minimum absolute atomic E-state index is 0.561. The van der Waals surface area contributed by atoms with E-state index in [1.165, 1.54) is 33.4 Å². The molecule has 4 heterocycles. The van der Waals surface area contributed by atoms with Gasteiger partial charge in [-0.25, -0.2) is 29.9 Å². The summed E-state index contributed by atoms with van der Waals surface area (Å²) in [5, 5.41) is 4.65. The molecule has 0 amide bonds. The van der Waals surface area contributed by atoms with E-state index in [1.54, 1.807) is 0 Å². The van der Waals surface area contributed by atoms with Gasteiger partial charge in [0.05, 0.1) is 22.1 Å². The summed E-state index contributed by atoms with van der Waals surface area (Å²) in [5.74, 6) is 3.49. The van der Waals surface area contributed by atoms with Crippen molar-refractivity contribution in [3.8, 4) is 124 Å². The number of aromatic nitrogens is 8. The highest BCUT2D eigenvalue weighted by Gasteiger charge is 2.22. The SMILES string of the molecule is Cc1cccc(-c2ccc3c(c2)c2ccccc2n3-c2cc(-c3cccc(-c4cc(-c5nc(-c6ccccc6)nc(-c6ccccc6)n5)cc(-n5c6ccccc6c6cc(-c7cccc(C)c7)ccc65)c4)c3)cc(-c3nc(-c4ccccc4)nc(-c4ccccc4)n3)c2)c1. The Kier molecular flexibility index (Phi) is 13.8. The smallest absolute Gasteiger partial charge is 0.164 e. The Bertz CT molecular complexity index is 5290. The molecule has 0 radical (unpaired) electrons. The maximum atomic E-state index is 5.34. The molecular weight excluding hydrogens is 1150 g/mol. The molecular formula is C86H58N8. The molecule has 17 rings (SSSR count). The first-order valence-corrected chi connectivity index (χ1v) is 31.7.